The first-order valence-electron chi connectivity index (χ1n) is 7.30. The van der Waals surface area contributed by atoms with Crippen molar-refractivity contribution in [2.75, 3.05) is 6.54 Å². The molecule has 1 aromatic carbocycles. The van der Waals surface area contributed by atoms with Crippen molar-refractivity contribution in [3.05, 3.63) is 38.9 Å². The molecule has 6 nitrogen and oxygen atoms in total. The fraction of sp³-hybridized carbons (Fsp3) is 0.533. The largest absolute Gasteiger partial charge is 0.391 e. The summed E-state index contributed by atoms with van der Waals surface area (Å²) in [6.07, 6.45) is 2.22. The number of likely N-dealkylation sites (tertiary alicyclic amines) is 1. The molecule has 22 heavy (non-hydrogen) atoms. The predicted molar refractivity (Wildman–Crippen MR) is 82.8 cm³/mol. The number of hydrogen-bond donors (Lipinski definition) is 1. The summed E-state index contributed by atoms with van der Waals surface area (Å²) in [6.45, 7) is 2.31. The highest BCUT2D eigenvalue weighted by Gasteiger charge is 2.30. The number of amides is 1. The number of nitro benzene ring substituents is 1. The van der Waals surface area contributed by atoms with Gasteiger partial charge in [0.05, 0.1) is 28.5 Å². The molecule has 0 spiro atoms. The quantitative estimate of drug-likeness (QED) is 0.680. The molecule has 0 aliphatic carbocycles. The van der Waals surface area contributed by atoms with Gasteiger partial charge in [-0.05, 0) is 31.7 Å². The third-order valence-electron chi connectivity index (χ3n) is 4.02. The fourth-order valence-electron chi connectivity index (χ4n) is 2.83. The van der Waals surface area contributed by atoms with Crippen LogP contribution in [0.4, 0.5) is 5.69 Å². The minimum atomic E-state index is -0.573. The van der Waals surface area contributed by atoms with Crippen LogP contribution >= 0.6 is 11.6 Å². The second-order valence-electron chi connectivity index (χ2n) is 5.60. The van der Waals surface area contributed by atoms with Gasteiger partial charge in [0.25, 0.3) is 5.69 Å². The number of benzene rings is 1. The van der Waals surface area contributed by atoms with Crippen molar-refractivity contribution in [2.45, 2.75) is 44.8 Å². The maximum atomic E-state index is 12.5. The smallest absolute Gasteiger partial charge is 0.270 e. The highest BCUT2D eigenvalue weighted by molar-refractivity contribution is 6.31. The lowest BCUT2D eigenvalue weighted by Crippen LogP contribution is -2.49. The van der Waals surface area contributed by atoms with Gasteiger partial charge < -0.3 is 10.0 Å². The lowest BCUT2D eigenvalue weighted by Gasteiger charge is -2.37. The zero-order valence-electron chi connectivity index (χ0n) is 12.4. The second kappa shape index (κ2) is 7.07. The van der Waals surface area contributed by atoms with Crippen LogP contribution in [0.3, 0.4) is 0 Å². The highest BCUT2D eigenvalue weighted by Crippen LogP contribution is 2.25. The Morgan fingerprint density at radius 1 is 1.55 bits per heavy atom. The summed E-state index contributed by atoms with van der Waals surface area (Å²) in [5, 5.41) is 20.7. The van der Waals surface area contributed by atoms with Crippen molar-refractivity contribution in [2.24, 2.45) is 0 Å². The molecular formula is C15H19ClN2O4. The van der Waals surface area contributed by atoms with Crippen LogP contribution in [0.5, 0.6) is 0 Å². The van der Waals surface area contributed by atoms with Gasteiger partial charge in [-0.15, -0.1) is 0 Å². The minimum Gasteiger partial charge on any atom is -0.391 e. The molecular weight excluding hydrogens is 308 g/mol. The van der Waals surface area contributed by atoms with Gasteiger partial charge in [0.1, 0.15) is 0 Å². The van der Waals surface area contributed by atoms with E-state index >= 15 is 0 Å². The van der Waals surface area contributed by atoms with Crippen LogP contribution in [0.25, 0.3) is 0 Å². The molecule has 7 heteroatoms. The molecule has 1 N–H and O–H groups in total. The van der Waals surface area contributed by atoms with Crippen LogP contribution in [0.1, 0.15) is 31.7 Å². The summed E-state index contributed by atoms with van der Waals surface area (Å²) in [5.41, 5.74) is 0.466. The molecule has 1 fully saturated rings. The minimum absolute atomic E-state index is 0.0834. The van der Waals surface area contributed by atoms with Gasteiger partial charge in [-0.25, -0.2) is 0 Å². The van der Waals surface area contributed by atoms with Gasteiger partial charge in [0.2, 0.25) is 5.91 Å². The Kier molecular flexibility index (Phi) is 5.37. The normalized spacial score (nSPS) is 19.8. The number of aliphatic hydroxyl groups is 1. The Morgan fingerprint density at radius 3 is 2.86 bits per heavy atom. The van der Waals surface area contributed by atoms with Crippen LogP contribution in [-0.2, 0) is 11.2 Å². The maximum absolute atomic E-state index is 12.5. The van der Waals surface area contributed by atoms with Crippen LogP contribution in [0.2, 0.25) is 5.02 Å². The molecule has 0 saturated carbocycles. The molecule has 1 heterocycles. The molecule has 1 saturated heterocycles. The second-order valence-corrected chi connectivity index (χ2v) is 6.01. The van der Waals surface area contributed by atoms with Crippen LogP contribution < -0.4 is 0 Å². The number of carbonyl (C=O) groups is 1. The third-order valence-corrected chi connectivity index (χ3v) is 4.37. The number of nitro groups is 1. The van der Waals surface area contributed by atoms with E-state index < -0.39 is 11.0 Å². The number of aliphatic hydroxyl groups excluding tert-OH is 1. The number of hydrogen-bond acceptors (Lipinski definition) is 4. The van der Waals surface area contributed by atoms with Gasteiger partial charge in [-0.1, -0.05) is 17.7 Å². The molecule has 2 atom stereocenters. The van der Waals surface area contributed by atoms with Gasteiger partial charge in [-0.3, -0.25) is 14.9 Å². The summed E-state index contributed by atoms with van der Waals surface area (Å²) in [5.74, 6) is -0.110. The summed E-state index contributed by atoms with van der Waals surface area (Å²) in [6, 6.07) is 3.95. The summed E-state index contributed by atoms with van der Waals surface area (Å²) in [4.78, 5) is 24.3. The van der Waals surface area contributed by atoms with E-state index in [1.54, 1.807) is 11.8 Å². The maximum Gasteiger partial charge on any atom is 0.270 e. The van der Waals surface area contributed by atoms with Crippen molar-refractivity contribution in [3.63, 3.8) is 0 Å². The third kappa shape index (κ3) is 3.75. The summed E-state index contributed by atoms with van der Waals surface area (Å²) < 4.78 is 0. The van der Waals surface area contributed by atoms with E-state index in [0.29, 0.717) is 12.1 Å². The molecule has 0 radical (unpaired) electrons. The average molecular weight is 327 g/mol. The van der Waals surface area contributed by atoms with Gasteiger partial charge in [-0.2, -0.15) is 0 Å². The molecule has 120 valence electrons. The zero-order chi connectivity index (χ0) is 16.3. The van der Waals surface area contributed by atoms with Crippen molar-refractivity contribution in [1.82, 2.24) is 4.90 Å². The van der Waals surface area contributed by atoms with E-state index in [4.69, 9.17) is 11.6 Å². The van der Waals surface area contributed by atoms with E-state index in [2.05, 4.69) is 0 Å². The Bertz CT molecular complexity index is 577. The van der Waals surface area contributed by atoms with Gasteiger partial charge in [0, 0.05) is 18.7 Å². The van der Waals surface area contributed by atoms with E-state index in [0.717, 1.165) is 19.3 Å². The van der Waals surface area contributed by atoms with E-state index in [-0.39, 0.29) is 29.1 Å². The molecule has 2 unspecified atom stereocenters. The first-order chi connectivity index (χ1) is 10.4. The highest BCUT2D eigenvalue weighted by atomic mass is 35.5. The number of rotatable bonds is 4. The SMILES string of the molecule is CC(O)C1CCCCN1C(=O)Cc1ccc([N+](=O)[O-])cc1Cl. The zero-order valence-corrected chi connectivity index (χ0v) is 13.1. The first kappa shape index (κ1) is 16.7. The lowest BCUT2D eigenvalue weighted by molar-refractivity contribution is -0.384. The molecule has 1 aliphatic heterocycles. The lowest BCUT2D eigenvalue weighted by atomic mass is 9.97. The number of halogens is 1. The summed E-state index contributed by atoms with van der Waals surface area (Å²) >= 11 is 6.03. The Balaban J connectivity index is 2.12. The Morgan fingerprint density at radius 2 is 2.27 bits per heavy atom. The number of carbonyl (C=O) groups excluding carboxylic acids is 1. The average Bonchev–Trinajstić information content (AvgIpc) is 2.48. The monoisotopic (exact) mass is 326 g/mol. The van der Waals surface area contributed by atoms with E-state index in [1.165, 1.54) is 18.2 Å². The first-order valence-corrected chi connectivity index (χ1v) is 7.68. The summed E-state index contributed by atoms with van der Waals surface area (Å²) in [7, 11) is 0. The topological polar surface area (TPSA) is 83.7 Å². The number of nitrogens with zero attached hydrogens (tertiary/aromatic N) is 2. The van der Waals surface area contributed by atoms with E-state index in [9.17, 15) is 20.0 Å². The predicted octanol–water partition coefficient (Wildman–Crippen LogP) is 2.55. The van der Waals surface area contributed by atoms with E-state index in [1.807, 2.05) is 0 Å². The number of non-ortho nitro benzene ring substituents is 1. The Hall–Kier alpha value is -1.66. The van der Waals surface area contributed by atoms with Gasteiger partial charge in [0.15, 0.2) is 0 Å². The molecule has 0 bridgehead atoms. The molecule has 1 amide bonds. The van der Waals surface area contributed by atoms with Crippen molar-refractivity contribution in [1.29, 1.82) is 0 Å². The fourth-order valence-corrected chi connectivity index (χ4v) is 3.07. The number of piperidine rings is 1. The molecule has 1 aliphatic rings. The van der Waals surface area contributed by atoms with Crippen LogP contribution in [0.15, 0.2) is 18.2 Å². The molecule has 0 aromatic heterocycles. The molecule has 2 rings (SSSR count). The van der Waals surface area contributed by atoms with Crippen LogP contribution in [0, 0.1) is 10.1 Å². The van der Waals surface area contributed by atoms with Crippen molar-refractivity contribution in [3.8, 4) is 0 Å². The van der Waals surface area contributed by atoms with Crippen molar-refractivity contribution < 1.29 is 14.8 Å². The standard InChI is InChI=1S/C15H19ClN2O4/c1-10(19)14-4-2-3-7-17(14)15(20)8-11-5-6-12(18(21)22)9-13(11)16/h5-6,9-10,14,19H,2-4,7-8H2,1H3. The van der Waals surface area contributed by atoms with Gasteiger partial charge >= 0.3 is 0 Å². The van der Waals surface area contributed by atoms with Crippen molar-refractivity contribution >= 4 is 23.2 Å². The van der Waals surface area contributed by atoms with Crippen LogP contribution in [-0.4, -0.2) is 39.5 Å². The molecule has 1 aromatic rings. The Labute approximate surface area is 133 Å².